The van der Waals surface area contributed by atoms with Crippen LogP contribution in [0, 0.1) is 0 Å². The Morgan fingerprint density at radius 1 is 1.11 bits per heavy atom. The van der Waals surface area contributed by atoms with Gasteiger partial charge in [0.1, 0.15) is 0 Å². The van der Waals surface area contributed by atoms with Crippen molar-refractivity contribution in [3.63, 3.8) is 0 Å². The van der Waals surface area contributed by atoms with E-state index in [2.05, 4.69) is 39.2 Å². The van der Waals surface area contributed by atoms with Crippen molar-refractivity contribution in [2.24, 2.45) is 0 Å². The molecule has 2 amide bonds. The molecule has 144 valence electrons. The Morgan fingerprint density at radius 3 is 2.44 bits per heavy atom. The van der Waals surface area contributed by atoms with E-state index in [9.17, 15) is 4.79 Å². The fraction of sp³-hybridized carbons (Fsp3) is 0.421. The highest BCUT2D eigenvalue weighted by atomic mass is 35.5. The maximum atomic E-state index is 12.4. The highest BCUT2D eigenvalue weighted by molar-refractivity contribution is 6.30. The van der Waals surface area contributed by atoms with Gasteiger partial charge in [0.25, 0.3) is 0 Å². The fourth-order valence-corrected chi connectivity index (χ4v) is 3.30. The molecule has 0 spiro atoms. The number of carbonyl (C=O) groups excluding carboxylic acids is 1. The van der Waals surface area contributed by atoms with E-state index < -0.39 is 0 Å². The first-order valence-electron chi connectivity index (χ1n) is 9.25. The van der Waals surface area contributed by atoms with Gasteiger partial charge >= 0.3 is 6.03 Å². The number of hydrogen-bond acceptors (Lipinski definition) is 5. The minimum absolute atomic E-state index is 0.111. The maximum absolute atomic E-state index is 12.4. The Balaban J connectivity index is 1.54. The highest BCUT2D eigenvalue weighted by Crippen LogP contribution is 2.18. The van der Waals surface area contributed by atoms with Crippen molar-refractivity contribution in [3.05, 3.63) is 41.4 Å². The molecular weight excluding hydrogens is 364 g/mol. The van der Waals surface area contributed by atoms with Gasteiger partial charge in [0.2, 0.25) is 0 Å². The summed E-state index contributed by atoms with van der Waals surface area (Å²) in [7, 11) is 0. The average molecular weight is 389 g/mol. The molecule has 1 aliphatic rings. The van der Waals surface area contributed by atoms with Gasteiger partial charge in [-0.25, -0.2) is 4.79 Å². The predicted octanol–water partition coefficient (Wildman–Crippen LogP) is 3.33. The second-order valence-corrected chi connectivity index (χ2v) is 6.77. The minimum Gasteiger partial charge on any atom is -0.356 e. The van der Waals surface area contributed by atoms with Crippen LogP contribution in [-0.2, 0) is 0 Å². The number of nitrogens with zero attached hydrogens (tertiary/aromatic N) is 5. The number of amides is 2. The number of piperazine rings is 1. The number of rotatable bonds is 5. The zero-order chi connectivity index (χ0) is 19.2. The molecule has 3 rings (SSSR count). The van der Waals surface area contributed by atoms with Crippen molar-refractivity contribution >= 4 is 35.0 Å². The summed E-state index contributed by atoms with van der Waals surface area (Å²) in [5.74, 6) is 1.74. The van der Waals surface area contributed by atoms with Gasteiger partial charge in [-0.05, 0) is 44.2 Å². The van der Waals surface area contributed by atoms with E-state index in [1.54, 1.807) is 17.0 Å². The fourth-order valence-electron chi connectivity index (χ4n) is 3.11. The van der Waals surface area contributed by atoms with Crippen LogP contribution < -0.4 is 15.1 Å². The van der Waals surface area contributed by atoms with Gasteiger partial charge < -0.3 is 20.0 Å². The van der Waals surface area contributed by atoms with E-state index in [1.165, 1.54) is 0 Å². The Labute approximate surface area is 164 Å². The van der Waals surface area contributed by atoms with Gasteiger partial charge in [0.05, 0.1) is 0 Å². The first kappa shape index (κ1) is 19.2. The van der Waals surface area contributed by atoms with E-state index in [-0.39, 0.29) is 6.03 Å². The molecule has 0 bridgehead atoms. The number of urea groups is 1. The summed E-state index contributed by atoms with van der Waals surface area (Å²) >= 11 is 5.96. The SMILES string of the molecule is CCN(CC)c1ccc(N2CCN(C(=O)Nc3cccc(Cl)c3)CC2)nn1. The molecule has 1 aromatic carbocycles. The zero-order valence-electron chi connectivity index (χ0n) is 15.7. The summed E-state index contributed by atoms with van der Waals surface area (Å²) < 4.78 is 0. The smallest absolute Gasteiger partial charge is 0.321 e. The number of halogens is 1. The van der Waals surface area contributed by atoms with Gasteiger partial charge in [-0.1, -0.05) is 17.7 Å². The molecule has 0 radical (unpaired) electrons. The molecule has 0 saturated carbocycles. The Bertz CT molecular complexity index is 757. The van der Waals surface area contributed by atoms with E-state index in [0.29, 0.717) is 23.8 Å². The lowest BCUT2D eigenvalue weighted by Gasteiger charge is -2.35. The van der Waals surface area contributed by atoms with Gasteiger partial charge in [0.15, 0.2) is 11.6 Å². The van der Waals surface area contributed by atoms with E-state index in [1.807, 2.05) is 24.3 Å². The van der Waals surface area contributed by atoms with Gasteiger partial charge in [-0.2, -0.15) is 0 Å². The molecule has 8 heteroatoms. The lowest BCUT2D eigenvalue weighted by Crippen LogP contribution is -2.50. The van der Waals surface area contributed by atoms with Crippen LogP contribution in [-0.4, -0.2) is 60.4 Å². The van der Waals surface area contributed by atoms with Crippen LogP contribution in [0.2, 0.25) is 5.02 Å². The first-order valence-corrected chi connectivity index (χ1v) is 9.63. The van der Waals surface area contributed by atoms with Crippen molar-refractivity contribution in [1.29, 1.82) is 0 Å². The summed E-state index contributed by atoms with van der Waals surface area (Å²) in [5, 5.41) is 12.2. The number of hydrogen-bond donors (Lipinski definition) is 1. The summed E-state index contributed by atoms with van der Waals surface area (Å²) in [6, 6.07) is 11.1. The molecule has 7 nitrogen and oxygen atoms in total. The monoisotopic (exact) mass is 388 g/mol. The number of anilines is 3. The standard InChI is InChI=1S/C19H25ClN6O/c1-3-24(4-2)17-8-9-18(23-22-17)25-10-12-26(13-11-25)19(27)21-16-7-5-6-15(20)14-16/h5-9,14H,3-4,10-13H2,1-2H3,(H,21,27). The van der Waals surface area contributed by atoms with Crippen molar-refractivity contribution < 1.29 is 4.79 Å². The number of aromatic nitrogens is 2. The third kappa shape index (κ3) is 4.80. The molecule has 0 unspecified atom stereocenters. The molecular formula is C19H25ClN6O. The van der Waals surface area contributed by atoms with Crippen molar-refractivity contribution in [2.45, 2.75) is 13.8 Å². The number of nitrogens with one attached hydrogen (secondary N) is 1. The molecule has 1 aliphatic heterocycles. The maximum Gasteiger partial charge on any atom is 0.321 e. The quantitative estimate of drug-likeness (QED) is 0.851. The first-order chi connectivity index (χ1) is 13.1. The summed E-state index contributed by atoms with van der Waals surface area (Å²) in [5.41, 5.74) is 0.702. The van der Waals surface area contributed by atoms with Gasteiger partial charge in [0, 0.05) is 50.0 Å². The predicted molar refractivity (Wildman–Crippen MR) is 110 cm³/mol. The van der Waals surface area contributed by atoms with Gasteiger partial charge in [-0.15, -0.1) is 10.2 Å². The summed E-state index contributed by atoms with van der Waals surface area (Å²) in [6.45, 7) is 8.73. The largest absolute Gasteiger partial charge is 0.356 e. The van der Waals surface area contributed by atoms with Crippen molar-refractivity contribution in [3.8, 4) is 0 Å². The van der Waals surface area contributed by atoms with Crippen molar-refractivity contribution in [1.82, 2.24) is 15.1 Å². The average Bonchev–Trinajstić information content (AvgIpc) is 2.70. The molecule has 1 fully saturated rings. The lowest BCUT2D eigenvalue weighted by atomic mass is 10.3. The van der Waals surface area contributed by atoms with Crippen LogP contribution >= 0.6 is 11.6 Å². The van der Waals surface area contributed by atoms with E-state index in [0.717, 1.165) is 37.8 Å². The number of carbonyl (C=O) groups is 1. The van der Waals surface area contributed by atoms with E-state index >= 15 is 0 Å². The molecule has 1 aromatic heterocycles. The molecule has 2 aromatic rings. The van der Waals surface area contributed by atoms with Crippen LogP contribution in [0.5, 0.6) is 0 Å². The molecule has 0 atom stereocenters. The second kappa shape index (κ2) is 8.90. The third-order valence-electron chi connectivity index (χ3n) is 4.69. The number of benzene rings is 1. The Kier molecular flexibility index (Phi) is 6.34. The molecule has 2 heterocycles. The van der Waals surface area contributed by atoms with E-state index in [4.69, 9.17) is 11.6 Å². The molecule has 27 heavy (non-hydrogen) atoms. The topological polar surface area (TPSA) is 64.6 Å². The summed E-state index contributed by atoms with van der Waals surface area (Å²) in [6.07, 6.45) is 0. The highest BCUT2D eigenvalue weighted by Gasteiger charge is 2.22. The van der Waals surface area contributed by atoms with Crippen LogP contribution in [0.25, 0.3) is 0 Å². The lowest BCUT2D eigenvalue weighted by molar-refractivity contribution is 0.208. The normalized spacial score (nSPS) is 14.2. The van der Waals surface area contributed by atoms with Crippen molar-refractivity contribution in [2.75, 3.05) is 54.4 Å². The molecule has 1 N–H and O–H groups in total. The van der Waals surface area contributed by atoms with Crippen LogP contribution in [0.3, 0.4) is 0 Å². The van der Waals surface area contributed by atoms with Gasteiger partial charge in [-0.3, -0.25) is 0 Å². The zero-order valence-corrected chi connectivity index (χ0v) is 16.5. The molecule has 1 saturated heterocycles. The Morgan fingerprint density at radius 2 is 1.85 bits per heavy atom. The second-order valence-electron chi connectivity index (χ2n) is 6.34. The summed E-state index contributed by atoms with van der Waals surface area (Å²) in [4.78, 5) is 18.5. The van der Waals surface area contributed by atoms with Crippen LogP contribution in [0.4, 0.5) is 22.1 Å². The minimum atomic E-state index is -0.111. The van der Waals surface area contributed by atoms with Crippen LogP contribution in [0.1, 0.15) is 13.8 Å². The third-order valence-corrected chi connectivity index (χ3v) is 4.93. The Hall–Kier alpha value is -2.54. The van der Waals surface area contributed by atoms with Crippen LogP contribution in [0.15, 0.2) is 36.4 Å². The molecule has 0 aliphatic carbocycles.